The van der Waals surface area contributed by atoms with E-state index in [-0.39, 0.29) is 5.95 Å². The van der Waals surface area contributed by atoms with Gasteiger partial charge in [0.2, 0.25) is 5.95 Å². The van der Waals surface area contributed by atoms with Gasteiger partial charge < -0.3 is 10.6 Å². The topological polar surface area (TPSA) is 80.8 Å². The minimum atomic E-state index is 0.260. The van der Waals surface area contributed by atoms with E-state index in [0.717, 1.165) is 30.0 Å². The summed E-state index contributed by atoms with van der Waals surface area (Å²) in [5.41, 5.74) is 7.08. The number of anilines is 2. The third-order valence-electron chi connectivity index (χ3n) is 2.57. The summed E-state index contributed by atoms with van der Waals surface area (Å²) < 4.78 is 0. The second kappa shape index (κ2) is 5.39. The fourth-order valence-corrected chi connectivity index (χ4v) is 1.63. The molecule has 0 saturated heterocycles. The largest absolute Gasteiger partial charge is 0.368 e. The van der Waals surface area contributed by atoms with Crippen LogP contribution in [0.2, 0.25) is 0 Å². The van der Waals surface area contributed by atoms with Gasteiger partial charge in [0.25, 0.3) is 0 Å². The molecule has 0 atom stereocenters. The second-order valence-corrected chi connectivity index (χ2v) is 4.01. The van der Waals surface area contributed by atoms with E-state index in [4.69, 9.17) is 5.73 Å². The summed E-state index contributed by atoms with van der Waals surface area (Å²) in [4.78, 5) is 18.5. The Morgan fingerprint density at radius 1 is 1.17 bits per heavy atom. The molecule has 2 rings (SSSR count). The molecule has 0 bridgehead atoms. The molecule has 94 valence electrons. The summed E-state index contributed by atoms with van der Waals surface area (Å²) in [6.45, 7) is 3.08. The summed E-state index contributed by atoms with van der Waals surface area (Å²) in [7, 11) is 2.01. The van der Waals surface area contributed by atoms with E-state index in [1.165, 1.54) is 0 Å². The Labute approximate surface area is 106 Å². The highest BCUT2D eigenvalue weighted by atomic mass is 15.2. The highest BCUT2D eigenvalue weighted by Gasteiger charge is 2.06. The average Bonchev–Trinajstić information content (AvgIpc) is 2.40. The lowest BCUT2D eigenvalue weighted by atomic mass is 10.2. The number of nitrogen functional groups attached to an aromatic ring is 1. The summed E-state index contributed by atoms with van der Waals surface area (Å²) in [5.74, 6) is 1.15. The zero-order valence-corrected chi connectivity index (χ0v) is 10.5. The molecular weight excluding hydrogens is 228 g/mol. The summed E-state index contributed by atoms with van der Waals surface area (Å²) in [6.07, 6.45) is 5.94. The van der Waals surface area contributed by atoms with Gasteiger partial charge in [-0.1, -0.05) is 6.92 Å². The number of nitrogens with two attached hydrogens (primary N) is 1. The number of hydrogen-bond acceptors (Lipinski definition) is 6. The zero-order valence-electron chi connectivity index (χ0n) is 10.5. The number of rotatable bonds is 4. The third-order valence-corrected chi connectivity index (χ3v) is 2.57. The minimum Gasteiger partial charge on any atom is -0.368 e. The Bertz CT molecular complexity index is 510. The molecule has 0 aliphatic carbocycles. The molecule has 2 N–H and O–H groups in total. The molecule has 2 heterocycles. The fraction of sp³-hybridized carbons (Fsp3) is 0.333. The third kappa shape index (κ3) is 2.71. The number of aromatic nitrogens is 4. The molecule has 18 heavy (non-hydrogen) atoms. The van der Waals surface area contributed by atoms with Crippen molar-refractivity contribution in [1.29, 1.82) is 0 Å². The van der Waals surface area contributed by atoms with Crippen molar-refractivity contribution in [3.05, 3.63) is 24.8 Å². The Balaban J connectivity index is 2.29. The van der Waals surface area contributed by atoms with Gasteiger partial charge in [0.1, 0.15) is 12.1 Å². The van der Waals surface area contributed by atoms with Crippen molar-refractivity contribution in [2.24, 2.45) is 0 Å². The normalized spacial score (nSPS) is 10.3. The first-order valence-electron chi connectivity index (χ1n) is 5.81. The Hall–Kier alpha value is -2.24. The van der Waals surface area contributed by atoms with E-state index in [0.29, 0.717) is 0 Å². The van der Waals surface area contributed by atoms with Gasteiger partial charge in [-0.05, 0) is 6.42 Å². The van der Waals surface area contributed by atoms with Crippen molar-refractivity contribution in [2.45, 2.75) is 13.3 Å². The van der Waals surface area contributed by atoms with Crippen LogP contribution in [-0.4, -0.2) is 33.5 Å². The maximum atomic E-state index is 5.46. The molecule has 0 radical (unpaired) electrons. The predicted octanol–water partition coefficient (Wildman–Crippen LogP) is 1.36. The molecule has 2 aromatic heterocycles. The molecule has 0 amide bonds. The Morgan fingerprint density at radius 2 is 1.89 bits per heavy atom. The van der Waals surface area contributed by atoms with Crippen LogP contribution in [0.5, 0.6) is 0 Å². The van der Waals surface area contributed by atoms with Crippen molar-refractivity contribution < 1.29 is 0 Å². The van der Waals surface area contributed by atoms with Crippen LogP contribution in [0.1, 0.15) is 13.3 Å². The van der Waals surface area contributed by atoms with Crippen molar-refractivity contribution in [1.82, 2.24) is 19.9 Å². The van der Waals surface area contributed by atoms with E-state index in [9.17, 15) is 0 Å². The minimum absolute atomic E-state index is 0.260. The first-order chi connectivity index (χ1) is 8.70. The van der Waals surface area contributed by atoms with E-state index in [2.05, 4.69) is 31.8 Å². The van der Waals surface area contributed by atoms with Gasteiger partial charge in [0.05, 0.1) is 5.69 Å². The molecule has 0 fully saturated rings. The van der Waals surface area contributed by atoms with Gasteiger partial charge in [-0.15, -0.1) is 0 Å². The average molecular weight is 244 g/mol. The Kier molecular flexibility index (Phi) is 3.66. The second-order valence-electron chi connectivity index (χ2n) is 4.01. The molecule has 0 aromatic carbocycles. The molecular formula is C12H16N6. The molecule has 0 saturated carbocycles. The summed E-state index contributed by atoms with van der Waals surface area (Å²) in [5, 5.41) is 0. The van der Waals surface area contributed by atoms with Gasteiger partial charge in [-0.2, -0.15) is 0 Å². The summed E-state index contributed by atoms with van der Waals surface area (Å²) in [6, 6.07) is 1.92. The molecule has 0 aliphatic rings. The van der Waals surface area contributed by atoms with E-state index < -0.39 is 0 Å². The monoisotopic (exact) mass is 244 g/mol. The van der Waals surface area contributed by atoms with Crippen molar-refractivity contribution in [3.8, 4) is 11.3 Å². The van der Waals surface area contributed by atoms with E-state index in [1.54, 1.807) is 18.7 Å². The van der Waals surface area contributed by atoms with E-state index >= 15 is 0 Å². The predicted molar refractivity (Wildman–Crippen MR) is 71.0 cm³/mol. The van der Waals surface area contributed by atoms with Crippen LogP contribution in [0.15, 0.2) is 24.8 Å². The SMILES string of the molecule is CCCN(C)c1cc(-c2cnc(N)nc2)ncn1. The van der Waals surface area contributed by atoms with Crippen LogP contribution >= 0.6 is 0 Å². The lowest BCUT2D eigenvalue weighted by molar-refractivity contribution is 0.835. The Morgan fingerprint density at radius 3 is 2.56 bits per heavy atom. The molecule has 6 nitrogen and oxygen atoms in total. The highest BCUT2D eigenvalue weighted by Crippen LogP contribution is 2.18. The molecule has 0 spiro atoms. The highest BCUT2D eigenvalue weighted by molar-refractivity contribution is 5.61. The molecule has 0 aliphatic heterocycles. The van der Waals surface area contributed by atoms with Crippen molar-refractivity contribution >= 4 is 11.8 Å². The van der Waals surface area contributed by atoms with Crippen molar-refractivity contribution in [3.63, 3.8) is 0 Å². The van der Waals surface area contributed by atoms with Crippen LogP contribution in [-0.2, 0) is 0 Å². The van der Waals surface area contributed by atoms with Crippen LogP contribution in [0.3, 0.4) is 0 Å². The van der Waals surface area contributed by atoms with Gasteiger partial charge in [-0.25, -0.2) is 19.9 Å². The summed E-state index contributed by atoms with van der Waals surface area (Å²) >= 11 is 0. The molecule has 6 heteroatoms. The van der Waals surface area contributed by atoms with Crippen LogP contribution in [0.4, 0.5) is 11.8 Å². The first-order valence-corrected chi connectivity index (χ1v) is 5.81. The lowest BCUT2D eigenvalue weighted by Gasteiger charge is -2.17. The number of nitrogens with zero attached hydrogens (tertiary/aromatic N) is 5. The van der Waals surface area contributed by atoms with Gasteiger partial charge in [0, 0.05) is 37.6 Å². The van der Waals surface area contributed by atoms with Gasteiger partial charge in [0.15, 0.2) is 0 Å². The molecule has 0 unspecified atom stereocenters. The quantitative estimate of drug-likeness (QED) is 0.874. The van der Waals surface area contributed by atoms with Crippen LogP contribution in [0, 0.1) is 0 Å². The van der Waals surface area contributed by atoms with Crippen molar-refractivity contribution in [2.75, 3.05) is 24.2 Å². The first kappa shape index (κ1) is 12.2. The maximum Gasteiger partial charge on any atom is 0.219 e. The van der Waals surface area contributed by atoms with Gasteiger partial charge >= 0.3 is 0 Å². The fourth-order valence-electron chi connectivity index (χ4n) is 1.63. The van der Waals surface area contributed by atoms with Gasteiger partial charge in [-0.3, -0.25) is 0 Å². The number of hydrogen-bond donors (Lipinski definition) is 1. The van der Waals surface area contributed by atoms with E-state index in [1.807, 2.05) is 13.1 Å². The maximum absolute atomic E-state index is 5.46. The zero-order chi connectivity index (χ0) is 13.0. The molecule has 2 aromatic rings. The standard InChI is InChI=1S/C12H16N6/c1-3-4-18(2)11-5-10(16-8-17-11)9-6-14-12(13)15-7-9/h5-8H,3-4H2,1-2H3,(H2,13,14,15). The van der Waals surface area contributed by atoms with Crippen LogP contribution in [0.25, 0.3) is 11.3 Å². The lowest BCUT2D eigenvalue weighted by Crippen LogP contribution is -2.19. The van der Waals surface area contributed by atoms with Crippen LogP contribution < -0.4 is 10.6 Å². The smallest absolute Gasteiger partial charge is 0.219 e.